The van der Waals surface area contributed by atoms with E-state index in [-0.39, 0.29) is 15.5 Å². The van der Waals surface area contributed by atoms with Crippen molar-refractivity contribution in [2.75, 3.05) is 0 Å². The molecular weight excluding hydrogens is 466 g/mol. The number of hydrogen-bond acceptors (Lipinski definition) is 4. The van der Waals surface area contributed by atoms with Crippen LogP contribution >= 0.6 is 15.9 Å². The van der Waals surface area contributed by atoms with Crippen LogP contribution in [0.4, 0.5) is 0 Å². The number of rotatable bonds is 5. The molecule has 8 heteroatoms. The normalized spacial score (nSPS) is 11.8. The molecule has 1 heterocycles. The van der Waals surface area contributed by atoms with Crippen LogP contribution in [0.2, 0.25) is 0 Å². The van der Waals surface area contributed by atoms with E-state index in [9.17, 15) is 13.2 Å². The molecule has 0 spiro atoms. The van der Waals surface area contributed by atoms with Gasteiger partial charge in [0.2, 0.25) is 9.84 Å². The van der Waals surface area contributed by atoms with Crippen molar-refractivity contribution < 1.29 is 13.2 Å². The van der Waals surface area contributed by atoms with Crippen LogP contribution in [0.5, 0.6) is 0 Å². The number of amides is 1. The average molecular weight is 482 g/mol. The Kier molecular flexibility index (Phi) is 5.52. The molecule has 150 valence electrons. The van der Waals surface area contributed by atoms with E-state index in [1.165, 1.54) is 18.3 Å². The maximum absolute atomic E-state index is 13.3. The second kappa shape index (κ2) is 8.25. The first-order valence-corrected chi connectivity index (χ1v) is 11.2. The third-order valence-electron chi connectivity index (χ3n) is 4.46. The molecule has 0 saturated carbocycles. The number of aromatic amines is 1. The van der Waals surface area contributed by atoms with Gasteiger partial charge in [-0.05, 0) is 35.9 Å². The monoisotopic (exact) mass is 481 g/mol. The van der Waals surface area contributed by atoms with Gasteiger partial charge in [-0.3, -0.25) is 4.79 Å². The molecule has 6 nitrogen and oxygen atoms in total. The standard InChI is InChI=1S/C22H16BrN3O3S/c23-16-12-10-15(11-13-16)14-24-26-22(27)20-21(18-8-4-5-9-19(18)25-20)30(28,29)17-6-2-1-3-7-17/h1-14,25H,(H,26,27)/b24-14-. The number of aromatic nitrogens is 1. The van der Waals surface area contributed by atoms with Gasteiger partial charge in [0.1, 0.15) is 10.6 Å². The van der Waals surface area contributed by atoms with Gasteiger partial charge >= 0.3 is 0 Å². The van der Waals surface area contributed by atoms with Gasteiger partial charge in [0.05, 0.1) is 11.1 Å². The van der Waals surface area contributed by atoms with Crippen molar-refractivity contribution >= 4 is 48.8 Å². The summed E-state index contributed by atoms with van der Waals surface area (Å²) in [4.78, 5) is 15.8. The molecule has 0 saturated heterocycles. The first-order valence-electron chi connectivity index (χ1n) is 8.96. The smallest absolute Gasteiger partial charge is 0.289 e. The van der Waals surface area contributed by atoms with Gasteiger partial charge < -0.3 is 4.98 Å². The number of hydrazone groups is 1. The highest BCUT2D eigenvalue weighted by Gasteiger charge is 2.29. The number of H-pyrrole nitrogens is 1. The van der Waals surface area contributed by atoms with E-state index in [0.29, 0.717) is 10.9 Å². The topological polar surface area (TPSA) is 91.4 Å². The Hall–Kier alpha value is -3.23. The van der Waals surface area contributed by atoms with Crippen LogP contribution in [0.1, 0.15) is 16.1 Å². The predicted molar refractivity (Wildman–Crippen MR) is 119 cm³/mol. The van der Waals surface area contributed by atoms with E-state index in [1.807, 2.05) is 24.3 Å². The molecule has 0 aliphatic rings. The Morgan fingerprint density at radius 2 is 1.60 bits per heavy atom. The highest BCUT2D eigenvalue weighted by Crippen LogP contribution is 2.31. The van der Waals surface area contributed by atoms with E-state index < -0.39 is 15.7 Å². The Morgan fingerprint density at radius 1 is 0.933 bits per heavy atom. The molecule has 0 bridgehead atoms. The molecule has 0 fully saturated rings. The predicted octanol–water partition coefficient (Wildman–Crippen LogP) is 4.53. The van der Waals surface area contributed by atoms with Gasteiger partial charge in [-0.2, -0.15) is 5.10 Å². The summed E-state index contributed by atoms with van der Waals surface area (Å²) < 4.78 is 27.6. The summed E-state index contributed by atoms with van der Waals surface area (Å²) in [5, 5.41) is 4.41. The average Bonchev–Trinajstić information content (AvgIpc) is 3.16. The number of carbonyl (C=O) groups is 1. The number of para-hydroxylation sites is 1. The van der Waals surface area contributed by atoms with Crippen molar-refractivity contribution in [3.63, 3.8) is 0 Å². The number of nitrogens with one attached hydrogen (secondary N) is 2. The third kappa shape index (κ3) is 3.92. The number of benzene rings is 3. The second-order valence-electron chi connectivity index (χ2n) is 6.44. The highest BCUT2D eigenvalue weighted by molar-refractivity contribution is 9.10. The Bertz CT molecular complexity index is 1350. The molecule has 0 aliphatic heterocycles. The van der Waals surface area contributed by atoms with E-state index >= 15 is 0 Å². The fourth-order valence-corrected chi connectivity index (χ4v) is 4.94. The number of halogens is 1. The van der Waals surface area contributed by atoms with Crippen LogP contribution < -0.4 is 5.43 Å². The number of hydrogen-bond donors (Lipinski definition) is 2. The lowest BCUT2D eigenvalue weighted by atomic mass is 10.2. The first kappa shape index (κ1) is 20.1. The van der Waals surface area contributed by atoms with Crippen LogP contribution in [0.15, 0.2) is 98.2 Å². The second-order valence-corrected chi connectivity index (χ2v) is 9.24. The van der Waals surface area contributed by atoms with Gasteiger partial charge in [-0.15, -0.1) is 0 Å². The summed E-state index contributed by atoms with van der Waals surface area (Å²) in [5.74, 6) is -0.644. The van der Waals surface area contributed by atoms with Crippen LogP contribution in [0.25, 0.3) is 10.9 Å². The van der Waals surface area contributed by atoms with Gasteiger partial charge in [0.15, 0.2) is 0 Å². The molecule has 0 atom stereocenters. The quantitative estimate of drug-likeness (QED) is 0.324. The molecule has 1 aromatic heterocycles. The summed E-state index contributed by atoms with van der Waals surface area (Å²) in [5.41, 5.74) is 3.68. The largest absolute Gasteiger partial charge is 0.349 e. The highest BCUT2D eigenvalue weighted by atomic mass is 79.9. The van der Waals surface area contributed by atoms with E-state index in [0.717, 1.165) is 10.0 Å². The van der Waals surface area contributed by atoms with Crippen molar-refractivity contribution in [3.05, 3.63) is 94.6 Å². The summed E-state index contributed by atoms with van der Waals surface area (Å²) in [7, 11) is -3.93. The fourth-order valence-electron chi connectivity index (χ4n) is 3.04. The number of fused-ring (bicyclic) bond motifs is 1. The lowest BCUT2D eigenvalue weighted by Crippen LogP contribution is -2.20. The molecule has 4 rings (SSSR count). The minimum absolute atomic E-state index is 0.0620. The van der Waals surface area contributed by atoms with Crippen molar-refractivity contribution in [3.8, 4) is 0 Å². The molecule has 0 radical (unpaired) electrons. The molecule has 4 aromatic rings. The summed E-state index contributed by atoms with van der Waals surface area (Å²) in [6.07, 6.45) is 1.48. The summed E-state index contributed by atoms with van der Waals surface area (Å²) in [6.45, 7) is 0. The molecule has 3 aromatic carbocycles. The molecule has 30 heavy (non-hydrogen) atoms. The van der Waals surface area contributed by atoms with Crippen LogP contribution in [0, 0.1) is 0 Å². The molecule has 0 unspecified atom stereocenters. The van der Waals surface area contributed by atoms with Gasteiger partial charge in [-0.25, -0.2) is 13.8 Å². The lowest BCUT2D eigenvalue weighted by Gasteiger charge is -2.06. The Morgan fingerprint density at radius 3 is 2.33 bits per heavy atom. The van der Waals surface area contributed by atoms with E-state index in [1.54, 1.807) is 42.5 Å². The van der Waals surface area contributed by atoms with Crippen molar-refractivity contribution in [1.82, 2.24) is 10.4 Å². The summed E-state index contributed by atoms with van der Waals surface area (Å²) >= 11 is 3.35. The SMILES string of the molecule is O=C(N/N=C\c1ccc(Br)cc1)c1[nH]c2ccccc2c1S(=O)(=O)c1ccccc1. The van der Waals surface area contributed by atoms with E-state index in [4.69, 9.17) is 0 Å². The zero-order chi connectivity index (χ0) is 21.1. The zero-order valence-electron chi connectivity index (χ0n) is 15.5. The third-order valence-corrected chi connectivity index (χ3v) is 6.84. The Labute approximate surface area is 181 Å². The van der Waals surface area contributed by atoms with Gasteiger partial charge in [-0.1, -0.05) is 64.5 Å². The van der Waals surface area contributed by atoms with Crippen LogP contribution in [-0.2, 0) is 9.84 Å². The number of carbonyl (C=O) groups excluding carboxylic acids is 1. The zero-order valence-corrected chi connectivity index (χ0v) is 17.9. The van der Waals surface area contributed by atoms with Gasteiger partial charge in [0.25, 0.3) is 5.91 Å². The molecule has 0 aliphatic carbocycles. The van der Waals surface area contributed by atoms with Crippen LogP contribution in [0.3, 0.4) is 0 Å². The number of sulfone groups is 1. The lowest BCUT2D eigenvalue weighted by molar-refractivity contribution is 0.0947. The van der Waals surface area contributed by atoms with Crippen molar-refractivity contribution in [1.29, 1.82) is 0 Å². The van der Waals surface area contributed by atoms with E-state index in [2.05, 4.69) is 31.4 Å². The van der Waals surface area contributed by atoms with Crippen LogP contribution in [-0.4, -0.2) is 25.5 Å². The molecule has 2 N–H and O–H groups in total. The Balaban J connectivity index is 1.73. The molecular formula is C22H16BrN3O3S. The van der Waals surface area contributed by atoms with Crippen molar-refractivity contribution in [2.45, 2.75) is 9.79 Å². The minimum Gasteiger partial charge on any atom is -0.349 e. The maximum atomic E-state index is 13.3. The number of nitrogens with zero attached hydrogens (tertiary/aromatic N) is 1. The fraction of sp³-hybridized carbons (Fsp3) is 0. The summed E-state index contributed by atoms with van der Waals surface area (Å²) in [6, 6.07) is 22.3. The first-order chi connectivity index (χ1) is 14.5. The molecule has 1 amide bonds. The van der Waals surface area contributed by atoms with Crippen molar-refractivity contribution in [2.24, 2.45) is 5.10 Å². The maximum Gasteiger partial charge on any atom is 0.289 e. The minimum atomic E-state index is -3.93. The van der Waals surface area contributed by atoms with Gasteiger partial charge in [0, 0.05) is 15.4 Å².